The lowest BCUT2D eigenvalue weighted by atomic mass is 9.51. The third kappa shape index (κ3) is 3.00. The van der Waals surface area contributed by atoms with Crippen molar-refractivity contribution < 1.29 is 19.4 Å². The van der Waals surface area contributed by atoms with Gasteiger partial charge >= 0.3 is 5.97 Å². The van der Waals surface area contributed by atoms with E-state index in [1.165, 1.54) is 6.42 Å². The van der Waals surface area contributed by atoms with Crippen LogP contribution in [0, 0.1) is 5.41 Å². The molecular formula is C23H25NO4. The van der Waals surface area contributed by atoms with E-state index in [0.717, 1.165) is 19.3 Å². The second-order valence-electron chi connectivity index (χ2n) is 7.69. The molecule has 2 aliphatic carbocycles. The minimum absolute atomic E-state index is 0.0829. The van der Waals surface area contributed by atoms with Crippen LogP contribution < -0.4 is 5.32 Å². The first-order chi connectivity index (χ1) is 13.6. The van der Waals surface area contributed by atoms with Gasteiger partial charge in [-0.25, -0.2) is 4.79 Å². The molecule has 0 saturated heterocycles. The van der Waals surface area contributed by atoms with E-state index < -0.39 is 5.97 Å². The molecule has 2 aromatic carbocycles. The number of amides is 1. The van der Waals surface area contributed by atoms with Gasteiger partial charge in [-0.05, 0) is 49.4 Å². The Balaban J connectivity index is 1.60. The maximum Gasteiger partial charge on any atom is 0.336 e. The summed E-state index contributed by atoms with van der Waals surface area (Å²) in [5.74, 6) is -1.15. The van der Waals surface area contributed by atoms with Gasteiger partial charge in [0.15, 0.2) is 0 Å². The molecule has 0 radical (unpaired) electrons. The van der Waals surface area contributed by atoms with Crippen LogP contribution in [0.1, 0.15) is 53.3 Å². The van der Waals surface area contributed by atoms with Crippen LogP contribution in [-0.4, -0.2) is 35.7 Å². The SMILES string of the molecule is CCOC1CC(NC(=O)c2ccccc2-c2ccccc2C(=O)O)C12CCC2. The van der Waals surface area contributed by atoms with Crippen LogP contribution >= 0.6 is 0 Å². The number of hydrogen-bond donors (Lipinski definition) is 2. The van der Waals surface area contributed by atoms with Crippen molar-refractivity contribution in [1.82, 2.24) is 5.32 Å². The number of carbonyl (C=O) groups excluding carboxylic acids is 1. The molecule has 5 nitrogen and oxygen atoms in total. The van der Waals surface area contributed by atoms with Gasteiger partial charge < -0.3 is 15.2 Å². The first kappa shape index (κ1) is 18.7. The predicted octanol–water partition coefficient (Wildman–Crippen LogP) is 4.13. The van der Waals surface area contributed by atoms with Gasteiger partial charge in [0.2, 0.25) is 0 Å². The van der Waals surface area contributed by atoms with Gasteiger partial charge in [-0.1, -0.05) is 42.8 Å². The Kier molecular flexibility index (Phi) is 4.94. The highest BCUT2D eigenvalue weighted by molar-refractivity contribution is 6.04. The Labute approximate surface area is 164 Å². The number of carboxylic acids is 1. The Morgan fingerprint density at radius 2 is 1.68 bits per heavy atom. The highest BCUT2D eigenvalue weighted by atomic mass is 16.5. The van der Waals surface area contributed by atoms with E-state index in [9.17, 15) is 14.7 Å². The number of benzene rings is 2. The monoisotopic (exact) mass is 379 g/mol. The van der Waals surface area contributed by atoms with Crippen molar-refractivity contribution in [2.45, 2.75) is 44.8 Å². The van der Waals surface area contributed by atoms with Crippen LogP contribution in [0.25, 0.3) is 11.1 Å². The van der Waals surface area contributed by atoms with Crippen LogP contribution in [0.4, 0.5) is 0 Å². The summed E-state index contributed by atoms with van der Waals surface area (Å²) in [4.78, 5) is 24.7. The Morgan fingerprint density at radius 1 is 1.07 bits per heavy atom. The standard InChI is InChI=1S/C23H25NO4/c1-2-28-20-14-19(23(20)12-7-13-23)24-21(25)17-10-5-3-8-15(17)16-9-4-6-11-18(16)22(26)27/h3-6,8-11,19-20H,2,7,12-14H2,1H3,(H,24,25)(H,26,27). The fraction of sp³-hybridized carbons (Fsp3) is 0.391. The molecule has 2 N–H and O–H groups in total. The molecule has 0 aromatic heterocycles. The fourth-order valence-electron chi connectivity index (χ4n) is 4.70. The average molecular weight is 379 g/mol. The van der Waals surface area contributed by atoms with Crippen LogP contribution in [0.15, 0.2) is 48.5 Å². The Morgan fingerprint density at radius 3 is 2.25 bits per heavy atom. The van der Waals surface area contributed by atoms with E-state index in [4.69, 9.17) is 4.74 Å². The Bertz CT molecular complexity index is 903. The zero-order valence-corrected chi connectivity index (χ0v) is 16.0. The molecule has 0 aliphatic heterocycles. The topological polar surface area (TPSA) is 75.6 Å². The van der Waals surface area contributed by atoms with Gasteiger partial charge in [-0.3, -0.25) is 4.79 Å². The van der Waals surface area contributed by atoms with E-state index in [2.05, 4.69) is 5.32 Å². The van der Waals surface area contributed by atoms with E-state index in [0.29, 0.717) is 23.3 Å². The normalized spacial score (nSPS) is 22.2. The number of nitrogens with one attached hydrogen (secondary N) is 1. The van der Waals surface area contributed by atoms with Gasteiger partial charge in [0.1, 0.15) is 0 Å². The molecule has 2 aromatic rings. The van der Waals surface area contributed by atoms with Gasteiger partial charge in [0.25, 0.3) is 5.91 Å². The number of hydrogen-bond acceptors (Lipinski definition) is 3. The minimum Gasteiger partial charge on any atom is -0.478 e. The molecule has 28 heavy (non-hydrogen) atoms. The molecule has 146 valence electrons. The molecule has 0 bridgehead atoms. The quantitative estimate of drug-likeness (QED) is 0.791. The van der Waals surface area contributed by atoms with Crippen molar-refractivity contribution in [3.05, 3.63) is 59.7 Å². The summed E-state index contributed by atoms with van der Waals surface area (Å²) < 4.78 is 5.87. The second kappa shape index (κ2) is 7.40. The van der Waals surface area contributed by atoms with Crippen LogP contribution in [0.5, 0.6) is 0 Å². The van der Waals surface area contributed by atoms with Gasteiger partial charge in [0, 0.05) is 23.6 Å². The second-order valence-corrected chi connectivity index (χ2v) is 7.69. The smallest absolute Gasteiger partial charge is 0.336 e. The zero-order valence-electron chi connectivity index (χ0n) is 16.0. The summed E-state index contributed by atoms with van der Waals surface area (Å²) in [6, 6.07) is 14.1. The van der Waals surface area contributed by atoms with Crippen LogP contribution in [0.2, 0.25) is 0 Å². The third-order valence-corrected chi connectivity index (χ3v) is 6.36. The molecule has 2 saturated carbocycles. The van der Waals surface area contributed by atoms with Gasteiger partial charge in [-0.2, -0.15) is 0 Å². The highest BCUT2D eigenvalue weighted by Gasteiger charge is 2.59. The van der Waals surface area contributed by atoms with E-state index in [1.807, 2.05) is 19.1 Å². The number of carbonyl (C=O) groups is 2. The average Bonchev–Trinajstić information content (AvgIpc) is 2.65. The molecule has 0 heterocycles. The molecule has 1 amide bonds. The van der Waals surface area contributed by atoms with Gasteiger partial charge in [0.05, 0.1) is 11.7 Å². The lowest BCUT2D eigenvalue weighted by Crippen LogP contribution is -2.67. The zero-order chi connectivity index (χ0) is 19.7. The third-order valence-electron chi connectivity index (χ3n) is 6.36. The van der Waals surface area contributed by atoms with E-state index in [1.54, 1.807) is 36.4 Å². The van der Waals surface area contributed by atoms with E-state index in [-0.39, 0.29) is 29.0 Å². The lowest BCUT2D eigenvalue weighted by Gasteiger charge is -2.61. The molecule has 2 fully saturated rings. The molecule has 2 unspecified atom stereocenters. The van der Waals surface area contributed by atoms with Crippen molar-refractivity contribution in [2.75, 3.05) is 6.61 Å². The van der Waals surface area contributed by atoms with Crippen LogP contribution in [0.3, 0.4) is 0 Å². The molecular weight excluding hydrogens is 354 g/mol. The number of carboxylic acid groups (broad SMARTS) is 1. The number of rotatable bonds is 6. The molecule has 2 atom stereocenters. The van der Waals surface area contributed by atoms with Crippen molar-refractivity contribution in [1.29, 1.82) is 0 Å². The summed E-state index contributed by atoms with van der Waals surface area (Å²) in [7, 11) is 0. The molecule has 5 heteroatoms. The summed E-state index contributed by atoms with van der Waals surface area (Å²) in [5, 5.41) is 12.7. The summed E-state index contributed by atoms with van der Waals surface area (Å²) >= 11 is 0. The van der Waals surface area contributed by atoms with Crippen molar-refractivity contribution in [3.8, 4) is 11.1 Å². The maximum absolute atomic E-state index is 13.1. The first-order valence-electron chi connectivity index (χ1n) is 9.91. The first-order valence-corrected chi connectivity index (χ1v) is 9.91. The maximum atomic E-state index is 13.1. The van der Waals surface area contributed by atoms with E-state index >= 15 is 0 Å². The molecule has 4 rings (SSSR count). The largest absolute Gasteiger partial charge is 0.478 e. The van der Waals surface area contributed by atoms with Crippen molar-refractivity contribution in [2.24, 2.45) is 5.41 Å². The molecule has 1 spiro atoms. The summed E-state index contributed by atoms with van der Waals surface area (Å²) in [6.07, 6.45) is 4.43. The highest BCUT2D eigenvalue weighted by Crippen LogP contribution is 2.57. The minimum atomic E-state index is -1.00. The lowest BCUT2D eigenvalue weighted by molar-refractivity contribution is -0.169. The number of ether oxygens (including phenoxy) is 1. The predicted molar refractivity (Wildman–Crippen MR) is 106 cm³/mol. The Hall–Kier alpha value is -2.66. The summed E-state index contributed by atoms with van der Waals surface area (Å²) in [6.45, 7) is 2.70. The van der Waals surface area contributed by atoms with Crippen LogP contribution in [-0.2, 0) is 4.74 Å². The van der Waals surface area contributed by atoms with Crippen molar-refractivity contribution >= 4 is 11.9 Å². The molecule has 2 aliphatic rings. The van der Waals surface area contributed by atoms with Crippen molar-refractivity contribution in [3.63, 3.8) is 0 Å². The number of aromatic carboxylic acids is 1. The van der Waals surface area contributed by atoms with Gasteiger partial charge in [-0.15, -0.1) is 0 Å². The summed E-state index contributed by atoms with van der Waals surface area (Å²) in [5.41, 5.74) is 1.98. The fourth-order valence-corrected chi connectivity index (χ4v) is 4.70.